The van der Waals surface area contributed by atoms with Crippen molar-refractivity contribution in [2.24, 2.45) is 34.5 Å². The second-order valence-corrected chi connectivity index (χ2v) is 18.0. The Kier molecular flexibility index (Phi) is 5.79. The zero-order valence-corrected chi connectivity index (χ0v) is 28.3. The number of aromatic amines is 1. The first-order valence-electron chi connectivity index (χ1n) is 17.3. The van der Waals surface area contributed by atoms with Crippen LogP contribution >= 0.6 is 0 Å². The molecule has 4 fully saturated rings. The third-order valence-corrected chi connectivity index (χ3v) is 14.9. The van der Waals surface area contributed by atoms with Crippen molar-refractivity contribution >= 4 is 16.7 Å². The van der Waals surface area contributed by atoms with Crippen LogP contribution in [0.15, 0.2) is 12.1 Å². The number of carbonyl (C=O) groups is 1. The molecule has 6 aliphatic rings. The van der Waals surface area contributed by atoms with Gasteiger partial charge in [0, 0.05) is 45.3 Å². The second kappa shape index (κ2) is 8.59. The number of ketones is 1. The van der Waals surface area contributed by atoms with Gasteiger partial charge in [0.25, 0.3) is 0 Å². The van der Waals surface area contributed by atoms with E-state index < -0.39 is 17.3 Å². The molecule has 44 heavy (non-hydrogen) atoms. The molecule has 0 amide bonds. The smallest absolute Gasteiger partial charge is 0.169 e. The second-order valence-electron chi connectivity index (χ2n) is 18.0. The van der Waals surface area contributed by atoms with Gasteiger partial charge >= 0.3 is 0 Å². The maximum atomic E-state index is 14.2. The fourth-order valence-electron chi connectivity index (χ4n) is 12.5. The molecule has 2 aromatic rings. The van der Waals surface area contributed by atoms with Crippen LogP contribution in [-0.2, 0) is 27.7 Å². The summed E-state index contributed by atoms with van der Waals surface area (Å²) in [7, 11) is 0. The molecule has 1 aromatic carbocycles. The van der Waals surface area contributed by atoms with E-state index in [9.17, 15) is 15.0 Å². The Hall–Kier alpha value is -1.73. The molecule has 4 unspecified atom stereocenters. The number of aliphatic hydroxyl groups excluding tert-OH is 1. The Morgan fingerprint density at radius 1 is 0.955 bits per heavy atom. The van der Waals surface area contributed by atoms with Crippen molar-refractivity contribution in [1.29, 1.82) is 0 Å². The highest BCUT2D eigenvalue weighted by atomic mass is 16.5. The van der Waals surface area contributed by atoms with Crippen LogP contribution in [-0.4, -0.2) is 56.1 Å². The molecule has 240 valence electrons. The maximum Gasteiger partial charge on any atom is 0.169 e. The molecule has 2 saturated heterocycles. The number of hydrogen-bond acceptors (Lipinski definition) is 5. The number of hydrogen-bond donors (Lipinski definition) is 3. The van der Waals surface area contributed by atoms with Gasteiger partial charge in [-0.05, 0) is 121 Å². The molecule has 0 radical (unpaired) electrons. The zero-order chi connectivity index (χ0) is 31.6. The topological polar surface area (TPSA) is 91.8 Å². The Bertz CT molecular complexity index is 1580. The van der Waals surface area contributed by atoms with Crippen molar-refractivity contribution in [2.75, 3.05) is 0 Å². The van der Waals surface area contributed by atoms with Crippen LogP contribution in [0.5, 0.6) is 0 Å². The normalized spacial score (nSPS) is 45.2. The lowest BCUT2D eigenvalue weighted by Gasteiger charge is -2.67. The average Bonchev–Trinajstić information content (AvgIpc) is 3.48. The summed E-state index contributed by atoms with van der Waals surface area (Å²) in [6.07, 6.45) is 5.59. The van der Waals surface area contributed by atoms with Gasteiger partial charge in [0.1, 0.15) is 0 Å². The van der Waals surface area contributed by atoms with Crippen LogP contribution in [0.1, 0.15) is 122 Å². The quantitative estimate of drug-likeness (QED) is 0.339. The van der Waals surface area contributed by atoms with Crippen molar-refractivity contribution in [3.05, 3.63) is 34.5 Å². The molecule has 10 atom stereocenters. The first-order chi connectivity index (χ1) is 20.4. The van der Waals surface area contributed by atoms with Crippen LogP contribution < -0.4 is 0 Å². The summed E-state index contributed by atoms with van der Waals surface area (Å²) < 4.78 is 13.2. The molecule has 3 heterocycles. The summed E-state index contributed by atoms with van der Waals surface area (Å²) in [5, 5.41) is 24.0. The van der Waals surface area contributed by atoms with Gasteiger partial charge in [-0.25, -0.2) is 0 Å². The SMILES string of the molecule is CC(C)(O)C1CC(O)[C@]2(C)C(CC[C@@]3(C)[C@H]2CC[C@H]2Cc4c([nH]c5ccc6c(c45)C[C@@H]4C(C6=O)C(C)(C)OC4(C)C)[C@@]23C)O1. The van der Waals surface area contributed by atoms with Gasteiger partial charge in [0.2, 0.25) is 0 Å². The van der Waals surface area contributed by atoms with E-state index in [1.165, 1.54) is 22.2 Å². The van der Waals surface area contributed by atoms with Crippen LogP contribution in [0.3, 0.4) is 0 Å². The van der Waals surface area contributed by atoms with E-state index in [1.807, 2.05) is 0 Å². The minimum atomic E-state index is -0.979. The first kappa shape index (κ1) is 29.7. The summed E-state index contributed by atoms with van der Waals surface area (Å²) in [4.78, 5) is 18.2. The van der Waals surface area contributed by atoms with Gasteiger partial charge in [-0.1, -0.05) is 20.8 Å². The lowest BCUT2D eigenvalue weighted by molar-refractivity contribution is -0.280. The number of nitrogens with one attached hydrogen (secondary N) is 1. The molecular weight excluding hydrogens is 550 g/mol. The largest absolute Gasteiger partial charge is 0.392 e. The minimum Gasteiger partial charge on any atom is -0.392 e. The Labute approximate surface area is 262 Å². The lowest BCUT2D eigenvalue weighted by Crippen LogP contribution is -2.68. The summed E-state index contributed by atoms with van der Waals surface area (Å²) in [6.45, 7) is 19.4. The van der Waals surface area contributed by atoms with Crippen molar-refractivity contribution in [3.8, 4) is 0 Å². The summed E-state index contributed by atoms with van der Waals surface area (Å²) >= 11 is 0. The van der Waals surface area contributed by atoms with Crippen LogP contribution in [0, 0.1) is 34.5 Å². The molecule has 0 bridgehead atoms. The zero-order valence-electron chi connectivity index (χ0n) is 28.3. The lowest BCUT2D eigenvalue weighted by atomic mass is 9.39. The summed E-state index contributed by atoms with van der Waals surface area (Å²) in [5.41, 5.74) is 3.83. The number of aromatic nitrogens is 1. The number of Topliss-reactive ketones (excluding diaryl/α,β-unsaturated/α-hetero) is 1. The summed E-state index contributed by atoms with van der Waals surface area (Å²) in [5.74, 6) is 1.11. The van der Waals surface area contributed by atoms with Crippen LogP contribution in [0.25, 0.3) is 10.9 Å². The highest BCUT2D eigenvalue weighted by molar-refractivity contribution is 6.06. The number of ether oxygens (including phenoxy) is 2. The number of aliphatic hydroxyl groups is 2. The monoisotopic (exact) mass is 603 g/mol. The van der Waals surface area contributed by atoms with Gasteiger partial charge in [-0.15, -0.1) is 0 Å². The molecule has 6 heteroatoms. The van der Waals surface area contributed by atoms with E-state index in [1.54, 1.807) is 13.8 Å². The molecule has 2 aliphatic heterocycles. The highest BCUT2D eigenvalue weighted by Crippen LogP contribution is 2.71. The minimum absolute atomic E-state index is 0.0223. The third kappa shape index (κ3) is 3.39. The fourth-order valence-corrected chi connectivity index (χ4v) is 12.5. The van der Waals surface area contributed by atoms with Gasteiger partial charge < -0.3 is 24.7 Å². The number of H-pyrrole nitrogens is 1. The maximum absolute atomic E-state index is 14.2. The van der Waals surface area contributed by atoms with E-state index in [2.05, 4.69) is 65.6 Å². The molecule has 8 rings (SSSR count). The predicted molar refractivity (Wildman–Crippen MR) is 171 cm³/mol. The van der Waals surface area contributed by atoms with E-state index >= 15 is 0 Å². The molecule has 4 aliphatic carbocycles. The van der Waals surface area contributed by atoms with Gasteiger partial charge in [-0.3, -0.25) is 4.79 Å². The number of rotatable bonds is 1. The number of carbonyl (C=O) groups excluding carboxylic acids is 1. The average molecular weight is 604 g/mol. The van der Waals surface area contributed by atoms with Crippen molar-refractivity contribution in [3.63, 3.8) is 0 Å². The number of fused-ring (bicyclic) bond motifs is 12. The molecule has 1 aromatic heterocycles. The Morgan fingerprint density at radius 2 is 1.68 bits per heavy atom. The Morgan fingerprint density at radius 3 is 2.39 bits per heavy atom. The molecular formula is C38H53NO5. The molecule has 6 nitrogen and oxygen atoms in total. The third-order valence-electron chi connectivity index (χ3n) is 14.9. The highest BCUT2D eigenvalue weighted by Gasteiger charge is 2.70. The van der Waals surface area contributed by atoms with Gasteiger partial charge in [0.15, 0.2) is 5.78 Å². The van der Waals surface area contributed by atoms with E-state index in [0.29, 0.717) is 18.3 Å². The van der Waals surface area contributed by atoms with Crippen LogP contribution in [0.2, 0.25) is 0 Å². The number of benzene rings is 1. The van der Waals surface area contributed by atoms with Crippen molar-refractivity contribution in [1.82, 2.24) is 4.98 Å². The predicted octanol–water partition coefficient (Wildman–Crippen LogP) is 6.66. The van der Waals surface area contributed by atoms with E-state index in [0.717, 1.165) is 49.6 Å². The molecule has 2 saturated carbocycles. The first-order valence-corrected chi connectivity index (χ1v) is 17.3. The Balaban J connectivity index is 1.23. The van der Waals surface area contributed by atoms with Crippen molar-refractivity contribution in [2.45, 2.75) is 148 Å². The van der Waals surface area contributed by atoms with Crippen LogP contribution in [0.4, 0.5) is 0 Å². The van der Waals surface area contributed by atoms with Crippen molar-refractivity contribution < 1.29 is 24.5 Å². The van der Waals surface area contributed by atoms with E-state index in [4.69, 9.17) is 9.47 Å². The summed E-state index contributed by atoms with van der Waals surface area (Å²) in [6, 6.07) is 4.24. The van der Waals surface area contributed by atoms with E-state index in [-0.39, 0.29) is 51.7 Å². The van der Waals surface area contributed by atoms with Gasteiger partial charge in [0.05, 0.1) is 41.0 Å². The molecule has 0 spiro atoms. The van der Waals surface area contributed by atoms with Gasteiger partial charge in [-0.2, -0.15) is 0 Å². The fraction of sp³-hybridized carbons (Fsp3) is 0.763. The molecule has 3 N–H and O–H groups in total. The standard InChI is InChI=1S/C38H53NO5/c1-33(2,42)28-18-26(40)37(8)25-13-10-19-16-22-29-21-17-23-30(35(5,6)44-34(23,3)4)31(41)20(21)11-12-24(29)39-32(22)38(19,9)36(25,7)15-14-27(37)43-28/h11-12,19,23,25-28,30,39-40,42H,10,13-18H2,1-9H3/t19-,23+,25+,26?,27?,28?,30?,36-,37+,38+/m0/s1.